The highest BCUT2D eigenvalue weighted by atomic mass is 16.5. The first-order chi connectivity index (χ1) is 9.25. The largest absolute Gasteiger partial charge is 0.489 e. The lowest BCUT2D eigenvalue weighted by atomic mass is 9.77. The zero-order chi connectivity index (χ0) is 13.2. The molecule has 2 aromatic rings. The van der Waals surface area contributed by atoms with Crippen molar-refractivity contribution in [3.8, 4) is 5.75 Å². The summed E-state index contributed by atoms with van der Waals surface area (Å²) in [6, 6.07) is 15.6. The molecule has 1 unspecified atom stereocenters. The molecule has 3 heteroatoms. The van der Waals surface area contributed by atoms with Crippen LogP contribution in [-0.4, -0.2) is 11.1 Å². The second-order valence-corrected chi connectivity index (χ2v) is 4.69. The van der Waals surface area contributed by atoms with E-state index in [1.165, 1.54) is 0 Å². The highest BCUT2D eigenvalue weighted by Crippen LogP contribution is 2.41. The first kappa shape index (κ1) is 11.8. The standard InChI is InChI=1S/C16H14O3/c17-16(18)14-9-13-12(14)7-4-8-15(13)19-10-11-5-2-1-3-6-11/h1-8,14H,9-10H2,(H,17,18). The van der Waals surface area contributed by atoms with Crippen LogP contribution < -0.4 is 4.74 Å². The topological polar surface area (TPSA) is 46.5 Å². The highest BCUT2D eigenvalue weighted by Gasteiger charge is 2.34. The fourth-order valence-corrected chi connectivity index (χ4v) is 2.40. The number of ether oxygens (including phenoxy) is 1. The van der Waals surface area contributed by atoms with Gasteiger partial charge in [0, 0.05) is 0 Å². The van der Waals surface area contributed by atoms with Crippen molar-refractivity contribution in [1.82, 2.24) is 0 Å². The average molecular weight is 254 g/mol. The van der Waals surface area contributed by atoms with Crippen LogP contribution in [0.5, 0.6) is 5.75 Å². The van der Waals surface area contributed by atoms with Gasteiger partial charge in [0.05, 0.1) is 5.92 Å². The monoisotopic (exact) mass is 254 g/mol. The Morgan fingerprint density at radius 2 is 1.95 bits per heavy atom. The van der Waals surface area contributed by atoms with Gasteiger partial charge in [-0.15, -0.1) is 0 Å². The minimum absolute atomic E-state index is 0.365. The van der Waals surface area contributed by atoms with Gasteiger partial charge in [-0.05, 0) is 29.2 Å². The third-order valence-corrected chi connectivity index (χ3v) is 3.49. The first-order valence-corrected chi connectivity index (χ1v) is 6.27. The van der Waals surface area contributed by atoms with Crippen LogP contribution in [0.15, 0.2) is 48.5 Å². The molecule has 1 aliphatic carbocycles. The lowest BCUT2D eigenvalue weighted by Gasteiger charge is -2.28. The van der Waals surface area contributed by atoms with E-state index in [0.29, 0.717) is 13.0 Å². The Hall–Kier alpha value is -2.29. The predicted octanol–water partition coefficient (Wildman–Crippen LogP) is 2.99. The van der Waals surface area contributed by atoms with Crippen LogP contribution in [0.1, 0.15) is 22.6 Å². The van der Waals surface area contributed by atoms with Gasteiger partial charge >= 0.3 is 5.97 Å². The summed E-state index contributed by atoms with van der Waals surface area (Å²) in [6.45, 7) is 0.509. The third-order valence-electron chi connectivity index (χ3n) is 3.49. The second-order valence-electron chi connectivity index (χ2n) is 4.69. The number of rotatable bonds is 4. The molecule has 96 valence electrons. The second kappa shape index (κ2) is 4.76. The lowest BCUT2D eigenvalue weighted by Crippen LogP contribution is -2.25. The molecule has 0 amide bonds. The average Bonchev–Trinajstić information content (AvgIpc) is 2.39. The van der Waals surface area contributed by atoms with E-state index in [0.717, 1.165) is 22.4 Å². The predicted molar refractivity (Wildman–Crippen MR) is 71.3 cm³/mol. The van der Waals surface area contributed by atoms with E-state index in [2.05, 4.69) is 0 Å². The first-order valence-electron chi connectivity index (χ1n) is 6.27. The van der Waals surface area contributed by atoms with Gasteiger partial charge in [-0.25, -0.2) is 0 Å². The van der Waals surface area contributed by atoms with Gasteiger partial charge in [0.1, 0.15) is 12.4 Å². The molecule has 0 saturated carbocycles. The quantitative estimate of drug-likeness (QED) is 0.912. The maximum Gasteiger partial charge on any atom is 0.311 e. The van der Waals surface area contributed by atoms with Gasteiger partial charge in [0.2, 0.25) is 0 Å². The van der Waals surface area contributed by atoms with Gasteiger partial charge in [0.15, 0.2) is 0 Å². The molecule has 3 rings (SSSR count). The van der Waals surface area contributed by atoms with E-state index in [9.17, 15) is 4.79 Å². The minimum atomic E-state index is -0.757. The minimum Gasteiger partial charge on any atom is -0.489 e. The molecular formula is C16H14O3. The molecule has 1 N–H and O–H groups in total. The van der Waals surface area contributed by atoms with E-state index in [4.69, 9.17) is 9.84 Å². The number of aliphatic carboxylic acids is 1. The zero-order valence-corrected chi connectivity index (χ0v) is 10.4. The van der Waals surface area contributed by atoms with Crippen LogP contribution in [-0.2, 0) is 17.8 Å². The molecule has 0 heterocycles. The fourth-order valence-electron chi connectivity index (χ4n) is 2.40. The summed E-state index contributed by atoms with van der Waals surface area (Å²) in [6.07, 6.45) is 0.565. The summed E-state index contributed by atoms with van der Waals surface area (Å²) in [5, 5.41) is 9.04. The summed E-state index contributed by atoms with van der Waals surface area (Å²) >= 11 is 0. The molecule has 0 radical (unpaired) electrons. The normalized spacial score (nSPS) is 16.3. The van der Waals surface area contributed by atoms with Crippen molar-refractivity contribution in [1.29, 1.82) is 0 Å². The molecule has 2 aromatic carbocycles. The van der Waals surface area contributed by atoms with E-state index in [-0.39, 0.29) is 5.92 Å². The number of hydrogen-bond acceptors (Lipinski definition) is 2. The van der Waals surface area contributed by atoms with Gasteiger partial charge in [-0.1, -0.05) is 42.5 Å². The molecule has 0 fully saturated rings. The van der Waals surface area contributed by atoms with Crippen molar-refractivity contribution in [2.24, 2.45) is 0 Å². The molecule has 0 spiro atoms. The zero-order valence-electron chi connectivity index (χ0n) is 10.4. The molecule has 1 aliphatic rings. The molecule has 0 saturated heterocycles. The van der Waals surface area contributed by atoms with Crippen molar-refractivity contribution in [3.63, 3.8) is 0 Å². The number of hydrogen-bond donors (Lipinski definition) is 1. The maximum atomic E-state index is 11.0. The van der Waals surface area contributed by atoms with Gasteiger partial charge in [-0.2, -0.15) is 0 Å². The number of fused-ring (bicyclic) bond motifs is 1. The maximum absolute atomic E-state index is 11.0. The number of carboxylic acid groups (broad SMARTS) is 1. The van der Waals surface area contributed by atoms with Crippen LogP contribution in [0.25, 0.3) is 0 Å². The number of carboxylic acids is 1. The Morgan fingerprint density at radius 3 is 2.68 bits per heavy atom. The van der Waals surface area contributed by atoms with Crippen molar-refractivity contribution < 1.29 is 14.6 Å². The lowest BCUT2D eigenvalue weighted by molar-refractivity contribution is -0.139. The summed E-state index contributed by atoms with van der Waals surface area (Å²) < 4.78 is 5.79. The molecule has 0 bridgehead atoms. The molecular weight excluding hydrogens is 240 g/mol. The summed E-state index contributed by atoms with van der Waals surface area (Å²) in [7, 11) is 0. The third kappa shape index (κ3) is 2.19. The molecule has 0 aromatic heterocycles. The SMILES string of the molecule is O=C(O)C1Cc2c(OCc3ccccc3)cccc21. The summed E-state index contributed by atoms with van der Waals surface area (Å²) in [5.74, 6) is -0.318. The highest BCUT2D eigenvalue weighted by molar-refractivity contribution is 5.81. The van der Waals surface area contributed by atoms with Gasteiger partial charge in [0.25, 0.3) is 0 Å². The van der Waals surface area contributed by atoms with Crippen LogP contribution in [0.4, 0.5) is 0 Å². The van der Waals surface area contributed by atoms with Crippen LogP contribution in [0.2, 0.25) is 0 Å². The molecule has 0 aliphatic heterocycles. The molecule has 19 heavy (non-hydrogen) atoms. The fraction of sp³-hybridized carbons (Fsp3) is 0.188. The van der Waals surface area contributed by atoms with Crippen molar-refractivity contribution in [3.05, 3.63) is 65.2 Å². The number of benzene rings is 2. The van der Waals surface area contributed by atoms with Crippen molar-refractivity contribution >= 4 is 5.97 Å². The Bertz CT molecular complexity index is 605. The van der Waals surface area contributed by atoms with Crippen LogP contribution >= 0.6 is 0 Å². The molecule has 3 nitrogen and oxygen atoms in total. The Kier molecular flexibility index (Phi) is 2.95. The van der Waals surface area contributed by atoms with Crippen molar-refractivity contribution in [2.45, 2.75) is 18.9 Å². The van der Waals surface area contributed by atoms with Crippen molar-refractivity contribution in [2.75, 3.05) is 0 Å². The summed E-state index contributed by atoms with van der Waals surface area (Å²) in [5.41, 5.74) is 3.03. The van der Waals surface area contributed by atoms with E-state index < -0.39 is 5.97 Å². The Labute approximate surface area is 111 Å². The Balaban J connectivity index is 1.75. The smallest absolute Gasteiger partial charge is 0.311 e. The van der Waals surface area contributed by atoms with Crippen LogP contribution in [0, 0.1) is 0 Å². The Morgan fingerprint density at radius 1 is 1.16 bits per heavy atom. The van der Waals surface area contributed by atoms with E-state index in [1.807, 2.05) is 48.5 Å². The number of carbonyl (C=O) groups is 1. The van der Waals surface area contributed by atoms with Gasteiger partial charge in [-0.3, -0.25) is 4.79 Å². The van der Waals surface area contributed by atoms with E-state index >= 15 is 0 Å². The van der Waals surface area contributed by atoms with Crippen LogP contribution in [0.3, 0.4) is 0 Å². The molecule has 1 atom stereocenters. The van der Waals surface area contributed by atoms with Gasteiger partial charge < -0.3 is 9.84 Å². The summed E-state index contributed by atoms with van der Waals surface area (Å²) in [4.78, 5) is 11.0. The van der Waals surface area contributed by atoms with E-state index in [1.54, 1.807) is 0 Å².